The van der Waals surface area contributed by atoms with Crippen molar-refractivity contribution in [3.63, 3.8) is 0 Å². The fraction of sp³-hybridized carbons (Fsp3) is 0.818. The van der Waals surface area contributed by atoms with Gasteiger partial charge in [0.05, 0.1) is 0 Å². The standard InChI is InChI=1S/C11H19N3O2/c15-11(6-13-16)12-3-4-14-7-9-1-2-10(5-9)8-14/h6,9-10,16H,1-5,7-8H2,(H,12,15)/b13-6-. The molecule has 2 fully saturated rings. The highest BCUT2D eigenvalue weighted by Gasteiger charge is 2.32. The van der Waals surface area contributed by atoms with E-state index in [1.807, 2.05) is 0 Å². The molecule has 5 heteroatoms. The molecule has 16 heavy (non-hydrogen) atoms. The van der Waals surface area contributed by atoms with Crippen LogP contribution in [0.15, 0.2) is 5.16 Å². The summed E-state index contributed by atoms with van der Waals surface area (Å²) in [6.07, 6.45) is 5.05. The maximum atomic E-state index is 11.0. The molecular formula is C11H19N3O2. The third-order valence-electron chi connectivity index (χ3n) is 3.58. The molecule has 5 nitrogen and oxygen atoms in total. The predicted octanol–water partition coefficient (Wildman–Crippen LogP) is 0.294. The number of amides is 1. The average Bonchev–Trinajstić information content (AvgIpc) is 2.59. The lowest BCUT2D eigenvalue weighted by Gasteiger charge is -2.31. The number of likely N-dealkylation sites (tertiary alicyclic amines) is 1. The molecule has 1 amide bonds. The maximum Gasteiger partial charge on any atom is 0.265 e. The summed E-state index contributed by atoms with van der Waals surface area (Å²) in [5, 5.41) is 13.5. The summed E-state index contributed by atoms with van der Waals surface area (Å²) in [6.45, 7) is 3.89. The van der Waals surface area contributed by atoms with E-state index >= 15 is 0 Å². The second-order valence-corrected chi connectivity index (χ2v) is 4.84. The zero-order chi connectivity index (χ0) is 11.4. The zero-order valence-corrected chi connectivity index (χ0v) is 9.43. The molecule has 1 aliphatic carbocycles. The van der Waals surface area contributed by atoms with Crippen LogP contribution in [0.3, 0.4) is 0 Å². The van der Waals surface area contributed by atoms with Crippen LogP contribution in [-0.2, 0) is 4.79 Å². The number of carbonyl (C=O) groups excluding carboxylic acids is 1. The Kier molecular flexibility index (Phi) is 3.77. The molecule has 1 saturated heterocycles. The summed E-state index contributed by atoms with van der Waals surface area (Å²) in [6, 6.07) is 0. The van der Waals surface area contributed by atoms with Gasteiger partial charge in [0.2, 0.25) is 0 Å². The van der Waals surface area contributed by atoms with Crippen LogP contribution in [-0.4, -0.2) is 48.4 Å². The first kappa shape index (κ1) is 11.4. The Morgan fingerprint density at radius 1 is 1.44 bits per heavy atom. The number of hydrogen-bond acceptors (Lipinski definition) is 4. The van der Waals surface area contributed by atoms with Gasteiger partial charge in [-0.1, -0.05) is 5.16 Å². The van der Waals surface area contributed by atoms with E-state index in [4.69, 9.17) is 5.21 Å². The summed E-state index contributed by atoms with van der Waals surface area (Å²) in [7, 11) is 0. The number of carbonyl (C=O) groups is 1. The topological polar surface area (TPSA) is 64.9 Å². The molecule has 1 heterocycles. The molecule has 2 unspecified atom stereocenters. The maximum absolute atomic E-state index is 11.0. The summed E-state index contributed by atoms with van der Waals surface area (Å²) in [4.78, 5) is 13.4. The lowest BCUT2D eigenvalue weighted by atomic mass is 9.99. The summed E-state index contributed by atoms with van der Waals surface area (Å²) < 4.78 is 0. The Bertz CT molecular complexity index is 268. The fourth-order valence-electron chi connectivity index (χ4n) is 2.93. The third kappa shape index (κ3) is 2.95. The average molecular weight is 225 g/mol. The van der Waals surface area contributed by atoms with Crippen LogP contribution in [0.2, 0.25) is 0 Å². The van der Waals surface area contributed by atoms with E-state index in [9.17, 15) is 4.79 Å². The molecule has 2 bridgehead atoms. The molecule has 1 saturated carbocycles. The van der Waals surface area contributed by atoms with Crippen LogP contribution in [0.5, 0.6) is 0 Å². The van der Waals surface area contributed by atoms with Crippen molar-refractivity contribution in [2.24, 2.45) is 17.0 Å². The van der Waals surface area contributed by atoms with Gasteiger partial charge >= 0.3 is 0 Å². The van der Waals surface area contributed by atoms with Crippen molar-refractivity contribution in [3.05, 3.63) is 0 Å². The van der Waals surface area contributed by atoms with Crippen LogP contribution < -0.4 is 5.32 Å². The molecule has 0 radical (unpaired) electrons. The van der Waals surface area contributed by atoms with E-state index < -0.39 is 0 Å². The minimum Gasteiger partial charge on any atom is -0.411 e. The van der Waals surface area contributed by atoms with E-state index in [0.29, 0.717) is 6.54 Å². The van der Waals surface area contributed by atoms with E-state index in [2.05, 4.69) is 15.4 Å². The van der Waals surface area contributed by atoms with E-state index in [1.54, 1.807) is 0 Å². The Morgan fingerprint density at radius 2 is 2.12 bits per heavy atom. The number of hydrogen-bond donors (Lipinski definition) is 2. The Balaban J connectivity index is 1.65. The lowest BCUT2D eigenvalue weighted by molar-refractivity contribution is -0.114. The predicted molar refractivity (Wildman–Crippen MR) is 60.6 cm³/mol. The Morgan fingerprint density at radius 3 is 2.75 bits per heavy atom. The number of oxime groups is 1. The molecule has 2 aliphatic rings. The van der Waals surface area contributed by atoms with Gasteiger partial charge in [0, 0.05) is 26.2 Å². The minimum atomic E-state index is -0.331. The van der Waals surface area contributed by atoms with Crippen LogP contribution in [0.4, 0.5) is 0 Å². The van der Waals surface area contributed by atoms with Gasteiger partial charge in [0.1, 0.15) is 6.21 Å². The summed E-state index contributed by atoms with van der Waals surface area (Å²) >= 11 is 0. The van der Waals surface area contributed by atoms with Gasteiger partial charge in [-0.15, -0.1) is 0 Å². The summed E-state index contributed by atoms with van der Waals surface area (Å²) in [5.74, 6) is 1.43. The van der Waals surface area contributed by atoms with Crippen molar-refractivity contribution >= 4 is 12.1 Å². The highest BCUT2D eigenvalue weighted by Crippen LogP contribution is 2.35. The first-order valence-corrected chi connectivity index (χ1v) is 5.95. The fourth-order valence-corrected chi connectivity index (χ4v) is 2.93. The Labute approximate surface area is 95.5 Å². The number of fused-ring (bicyclic) bond motifs is 2. The van der Waals surface area contributed by atoms with Crippen LogP contribution in [0.1, 0.15) is 19.3 Å². The molecule has 1 aliphatic heterocycles. The normalized spacial score (nSPS) is 29.8. The molecule has 0 aromatic heterocycles. The van der Waals surface area contributed by atoms with Crippen molar-refractivity contribution in [1.82, 2.24) is 10.2 Å². The molecular weight excluding hydrogens is 206 g/mol. The molecule has 0 aromatic carbocycles. The van der Waals surface area contributed by atoms with Gasteiger partial charge in [-0.3, -0.25) is 4.79 Å². The lowest BCUT2D eigenvalue weighted by Crippen LogP contribution is -2.41. The molecule has 2 N–H and O–H groups in total. The van der Waals surface area contributed by atoms with E-state index in [1.165, 1.54) is 32.4 Å². The van der Waals surface area contributed by atoms with Crippen LogP contribution >= 0.6 is 0 Å². The third-order valence-corrected chi connectivity index (χ3v) is 3.58. The highest BCUT2D eigenvalue weighted by atomic mass is 16.4. The van der Waals surface area contributed by atoms with Crippen molar-refractivity contribution < 1.29 is 10.0 Å². The van der Waals surface area contributed by atoms with Crippen molar-refractivity contribution in [2.75, 3.05) is 26.2 Å². The summed E-state index contributed by atoms with van der Waals surface area (Å²) in [5.41, 5.74) is 0. The van der Waals surface area contributed by atoms with Crippen molar-refractivity contribution in [3.8, 4) is 0 Å². The molecule has 2 atom stereocenters. The number of rotatable bonds is 4. The van der Waals surface area contributed by atoms with Crippen LogP contribution in [0.25, 0.3) is 0 Å². The smallest absolute Gasteiger partial charge is 0.265 e. The van der Waals surface area contributed by atoms with E-state index in [0.717, 1.165) is 24.6 Å². The number of piperidine rings is 1. The largest absolute Gasteiger partial charge is 0.411 e. The van der Waals surface area contributed by atoms with Gasteiger partial charge in [0.15, 0.2) is 0 Å². The van der Waals surface area contributed by atoms with Gasteiger partial charge < -0.3 is 15.4 Å². The SMILES string of the molecule is O=C(/C=N\O)NCCN1CC2CCC(C2)C1. The zero-order valence-electron chi connectivity index (χ0n) is 9.43. The minimum absolute atomic E-state index is 0.331. The van der Waals surface area contributed by atoms with Gasteiger partial charge in [0.25, 0.3) is 5.91 Å². The van der Waals surface area contributed by atoms with Crippen LogP contribution in [0, 0.1) is 11.8 Å². The Hall–Kier alpha value is -1.10. The second-order valence-electron chi connectivity index (χ2n) is 4.84. The van der Waals surface area contributed by atoms with Crippen molar-refractivity contribution in [1.29, 1.82) is 0 Å². The number of nitrogens with zero attached hydrogens (tertiary/aromatic N) is 2. The highest BCUT2D eigenvalue weighted by molar-refractivity contribution is 6.25. The second kappa shape index (κ2) is 5.30. The quantitative estimate of drug-likeness (QED) is 0.411. The van der Waals surface area contributed by atoms with Gasteiger partial charge in [-0.05, 0) is 31.1 Å². The van der Waals surface area contributed by atoms with E-state index in [-0.39, 0.29) is 5.91 Å². The molecule has 90 valence electrons. The molecule has 0 spiro atoms. The van der Waals surface area contributed by atoms with Gasteiger partial charge in [-0.25, -0.2) is 0 Å². The monoisotopic (exact) mass is 225 g/mol. The van der Waals surface area contributed by atoms with Gasteiger partial charge in [-0.2, -0.15) is 0 Å². The first-order chi connectivity index (χ1) is 7.78. The molecule has 0 aromatic rings. The number of nitrogens with one attached hydrogen (secondary N) is 1. The molecule has 2 rings (SSSR count). The van der Waals surface area contributed by atoms with Crippen molar-refractivity contribution in [2.45, 2.75) is 19.3 Å². The first-order valence-electron chi connectivity index (χ1n) is 5.95.